The van der Waals surface area contributed by atoms with Gasteiger partial charge in [0.2, 0.25) is 15.9 Å². The van der Waals surface area contributed by atoms with Crippen molar-refractivity contribution < 1.29 is 13.2 Å². The second-order valence-electron chi connectivity index (χ2n) is 6.46. The molecular weight excluding hydrogens is 314 g/mol. The highest BCUT2D eigenvalue weighted by molar-refractivity contribution is 7.88. The summed E-state index contributed by atoms with van der Waals surface area (Å²) in [5, 5.41) is 2.84. The first-order chi connectivity index (χ1) is 10.8. The van der Waals surface area contributed by atoms with E-state index >= 15 is 0 Å². The predicted octanol–water partition coefficient (Wildman–Crippen LogP) is 1.21. The van der Waals surface area contributed by atoms with Crippen LogP contribution in [0.3, 0.4) is 0 Å². The fourth-order valence-corrected chi connectivity index (χ4v) is 3.45. The van der Waals surface area contributed by atoms with Gasteiger partial charge in [-0.3, -0.25) is 4.79 Å². The standard InChI is InChI=1S/C16H31N3O3S/c1-18(2)12-7-13-19(23(3,21)22)14-16(20)17-11-10-15-8-5-4-6-9-15/h8H,4-7,9-14H2,1-3H3,(H,17,20). The summed E-state index contributed by atoms with van der Waals surface area (Å²) in [6, 6.07) is 0. The van der Waals surface area contributed by atoms with Crippen LogP contribution in [0.25, 0.3) is 0 Å². The molecule has 0 aromatic rings. The summed E-state index contributed by atoms with van der Waals surface area (Å²) in [5.74, 6) is -0.225. The summed E-state index contributed by atoms with van der Waals surface area (Å²) in [6.07, 6.45) is 9.74. The monoisotopic (exact) mass is 345 g/mol. The molecule has 7 heteroatoms. The Morgan fingerprint density at radius 3 is 2.57 bits per heavy atom. The van der Waals surface area contributed by atoms with Crippen LogP contribution in [-0.4, -0.2) is 70.1 Å². The van der Waals surface area contributed by atoms with Gasteiger partial charge in [0.15, 0.2) is 0 Å². The number of hydrogen-bond acceptors (Lipinski definition) is 4. The number of hydrogen-bond donors (Lipinski definition) is 1. The molecular formula is C16H31N3O3S. The van der Waals surface area contributed by atoms with Gasteiger partial charge in [0.25, 0.3) is 0 Å². The first-order valence-electron chi connectivity index (χ1n) is 8.33. The molecule has 1 aliphatic rings. The van der Waals surface area contributed by atoms with E-state index < -0.39 is 10.0 Å². The zero-order valence-electron chi connectivity index (χ0n) is 14.7. The molecule has 0 fully saturated rings. The highest BCUT2D eigenvalue weighted by atomic mass is 32.2. The Balaban J connectivity index is 2.35. The van der Waals surface area contributed by atoms with Crippen LogP contribution in [0.5, 0.6) is 0 Å². The highest BCUT2D eigenvalue weighted by Gasteiger charge is 2.19. The molecule has 0 heterocycles. The minimum absolute atomic E-state index is 0.0920. The van der Waals surface area contributed by atoms with Gasteiger partial charge in [0.1, 0.15) is 0 Å². The van der Waals surface area contributed by atoms with E-state index in [1.807, 2.05) is 19.0 Å². The van der Waals surface area contributed by atoms with Gasteiger partial charge in [-0.2, -0.15) is 4.31 Å². The zero-order chi connectivity index (χ0) is 17.3. The molecule has 23 heavy (non-hydrogen) atoms. The Hall–Kier alpha value is -0.920. The molecule has 0 bridgehead atoms. The van der Waals surface area contributed by atoms with E-state index in [-0.39, 0.29) is 12.5 Å². The smallest absolute Gasteiger partial charge is 0.235 e. The third-order valence-corrected chi connectivity index (χ3v) is 5.20. The number of allylic oxidation sites excluding steroid dienone is 1. The molecule has 6 nitrogen and oxygen atoms in total. The molecule has 0 spiro atoms. The lowest BCUT2D eigenvalue weighted by Crippen LogP contribution is -2.41. The molecule has 0 saturated carbocycles. The van der Waals surface area contributed by atoms with E-state index in [4.69, 9.17) is 0 Å². The van der Waals surface area contributed by atoms with Crippen LogP contribution in [0.2, 0.25) is 0 Å². The average Bonchev–Trinajstić information content (AvgIpc) is 2.46. The summed E-state index contributed by atoms with van der Waals surface area (Å²) >= 11 is 0. The van der Waals surface area contributed by atoms with Crippen LogP contribution in [0, 0.1) is 0 Å². The fourth-order valence-electron chi connectivity index (χ4n) is 2.64. The summed E-state index contributed by atoms with van der Waals surface area (Å²) in [5.41, 5.74) is 1.41. The molecule has 0 aliphatic heterocycles. The predicted molar refractivity (Wildman–Crippen MR) is 93.8 cm³/mol. The molecule has 1 aliphatic carbocycles. The maximum Gasteiger partial charge on any atom is 0.235 e. The topological polar surface area (TPSA) is 69.7 Å². The fraction of sp³-hybridized carbons (Fsp3) is 0.812. The minimum atomic E-state index is -3.36. The van der Waals surface area contributed by atoms with Gasteiger partial charge in [0, 0.05) is 13.1 Å². The van der Waals surface area contributed by atoms with Crippen molar-refractivity contribution in [1.29, 1.82) is 0 Å². The molecule has 1 N–H and O–H groups in total. The van der Waals surface area contributed by atoms with Crippen molar-refractivity contribution in [1.82, 2.24) is 14.5 Å². The van der Waals surface area contributed by atoms with Crippen molar-refractivity contribution >= 4 is 15.9 Å². The molecule has 0 aromatic heterocycles. The summed E-state index contributed by atoms with van der Waals surface area (Å²) < 4.78 is 24.8. The average molecular weight is 346 g/mol. The SMILES string of the molecule is CN(C)CCCN(CC(=O)NCCC1=CCCCC1)S(C)(=O)=O. The molecule has 1 amide bonds. The van der Waals surface area contributed by atoms with E-state index in [1.165, 1.54) is 22.7 Å². The second kappa shape index (κ2) is 10.1. The molecule has 0 aromatic carbocycles. The van der Waals surface area contributed by atoms with Gasteiger partial charge in [-0.25, -0.2) is 8.42 Å². The summed E-state index contributed by atoms with van der Waals surface area (Å²) in [7, 11) is 0.523. The Morgan fingerprint density at radius 1 is 1.26 bits per heavy atom. The number of amides is 1. The van der Waals surface area contributed by atoms with Crippen LogP contribution in [0.15, 0.2) is 11.6 Å². The normalized spacial score (nSPS) is 15.8. The Bertz CT molecular complexity index is 501. The van der Waals surface area contributed by atoms with Crippen LogP contribution in [0.1, 0.15) is 38.5 Å². The Morgan fingerprint density at radius 2 is 2.00 bits per heavy atom. The van der Waals surface area contributed by atoms with Crippen molar-refractivity contribution in [3.8, 4) is 0 Å². The van der Waals surface area contributed by atoms with E-state index in [2.05, 4.69) is 11.4 Å². The number of carbonyl (C=O) groups excluding carboxylic acids is 1. The third kappa shape index (κ3) is 9.07. The second-order valence-corrected chi connectivity index (χ2v) is 8.44. The molecule has 0 atom stereocenters. The van der Waals surface area contributed by atoms with Gasteiger partial charge < -0.3 is 10.2 Å². The Labute approximate surface area is 141 Å². The van der Waals surface area contributed by atoms with Gasteiger partial charge in [-0.1, -0.05) is 11.6 Å². The van der Waals surface area contributed by atoms with Gasteiger partial charge in [0.05, 0.1) is 12.8 Å². The largest absolute Gasteiger partial charge is 0.355 e. The zero-order valence-corrected chi connectivity index (χ0v) is 15.5. The number of carbonyl (C=O) groups is 1. The number of nitrogens with one attached hydrogen (secondary N) is 1. The van der Waals surface area contributed by atoms with Crippen LogP contribution >= 0.6 is 0 Å². The molecule has 0 radical (unpaired) electrons. The van der Waals surface area contributed by atoms with Crippen LogP contribution < -0.4 is 5.32 Å². The molecule has 0 unspecified atom stereocenters. The van der Waals surface area contributed by atoms with E-state index in [1.54, 1.807) is 0 Å². The van der Waals surface area contributed by atoms with Gasteiger partial charge in [-0.05, 0) is 59.2 Å². The maximum absolute atomic E-state index is 12.0. The first kappa shape index (κ1) is 20.1. The van der Waals surface area contributed by atoms with Crippen LogP contribution in [-0.2, 0) is 14.8 Å². The van der Waals surface area contributed by atoms with Crippen molar-refractivity contribution in [2.45, 2.75) is 38.5 Å². The minimum Gasteiger partial charge on any atom is -0.355 e. The first-order valence-corrected chi connectivity index (χ1v) is 10.2. The van der Waals surface area contributed by atoms with Gasteiger partial charge >= 0.3 is 0 Å². The number of sulfonamides is 1. The number of rotatable bonds is 10. The van der Waals surface area contributed by atoms with E-state index in [0.717, 1.165) is 32.1 Å². The van der Waals surface area contributed by atoms with Crippen molar-refractivity contribution in [3.05, 3.63) is 11.6 Å². The molecule has 1 rings (SSSR count). The molecule has 0 saturated heterocycles. The number of nitrogens with zero attached hydrogens (tertiary/aromatic N) is 2. The van der Waals surface area contributed by atoms with E-state index in [0.29, 0.717) is 19.5 Å². The third-order valence-electron chi connectivity index (χ3n) is 3.96. The van der Waals surface area contributed by atoms with Crippen LogP contribution in [0.4, 0.5) is 0 Å². The summed E-state index contributed by atoms with van der Waals surface area (Å²) in [6.45, 7) is 1.66. The Kier molecular flexibility index (Phi) is 8.79. The molecule has 134 valence electrons. The highest BCUT2D eigenvalue weighted by Crippen LogP contribution is 2.19. The van der Waals surface area contributed by atoms with Crippen molar-refractivity contribution in [3.63, 3.8) is 0 Å². The van der Waals surface area contributed by atoms with Crippen molar-refractivity contribution in [2.75, 3.05) is 46.5 Å². The summed E-state index contributed by atoms with van der Waals surface area (Å²) in [4.78, 5) is 14.0. The lowest BCUT2D eigenvalue weighted by atomic mass is 9.97. The lowest BCUT2D eigenvalue weighted by molar-refractivity contribution is -0.121. The van der Waals surface area contributed by atoms with Gasteiger partial charge in [-0.15, -0.1) is 0 Å². The quantitative estimate of drug-likeness (QED) is 0.604. The lowest BCUT2D eigenvalue weighted by Gasteiger charge is -2.20. The van der Waals surface area contributed by atoms with Crippen molar-refractivity contribution in [2.24, 2.45) is 0 Å². The van der Waals surface area contributed by atoms with E-state index in [9.17, 15) is 13.2 Å². The maximum atomic E-state index is 12.0.